The van der Waals surface area contributed by atoms with Crippen molar-refractivity contribution in [1.29, 1.82) is 0 Å². The van der Waals surface area contributed by atoms with Gasteiger partial charge in [-0.1, -0.05) is 30.7 Å². The molecule has 31 heavy (non-hydrogen) atoms. The molecule has 1 heterocycles. The van der Waals surface area contributed by atoms with Crippen LogP contribution in [-0.4, -0.2) is 43.0 Å². The normalized spacial score (nSPS) is 11.4. The Labute approximate surface area is 188 Å². The highest BCUT2D eigenvalue weighted by Crippen LogP contribution is 2.29. The van der Waals surface area contributed by atoms with Crippen LogP contribution in [0, 0.1) is 0 Å². The van der Waals surface area contributed by atoms with Crippen LogP contribution in [0.2, 0.25) is 5.02 Å². The first-order valence-corrected chi connectivity index (χ1v) is 10.8. The van der Waals surface area contributed by atoms with E-state index >= 15 is 0 Å². The van der Waals surface area contributed by atoms with Crippen LogP contribution in [-0.2, 0) is 25.5 Å². The molecule has 1 aromatic heterocycles. The van der Waals surface area contributed by atoms with Crippen LogP contribution >= 0.6 is 22.9 Å². The van der Waals surface area contributed by atoms with E-state index in [0.717, 1.165) is 4.88 Å². The highest BCUT2D eigenvalue weighted by Gasteiger charge is 2.22. The van der Waals surface area contributed by atoms with Gasteiger partial charge >= 0.3 is 11.9 Å². The summed E-state index contributed by atoms with van der Waals surface area (Å²) in [6, 6.07) is 7.07. The van der Waals surface area contributed by atoms with Crippen LogP contribution in [0.3, 0.4) is 0 Å². The third-order valence-corrected chi connectivity index (χ3v) is 5.57. The molecule has 1 atom stereocenters. The second kappa shape index (κ2) is 11.5. The average Bonchev–Trinajstić information content (AvgIpc) is 3.15. The maximum absolute atomic E-state index is 12.2. The van der Waals surface area contributed by atoms with Crippen LogP contribution in [0.5, 0.6) is 0 Å². The van der Waals surface area contributed by atoms with E-state index in [1.807, 2.05) is 6.92 Å². The average molecular weight is 467 g/mol. The lowest BCUT2D eigenvalue weighted by atomic mass is 10.2. The second-order valence-corrected chi connectivity index (χ2v) is 7.90. The quantitative estimate of drug-likeness (QED) is 0.547. The number of esters is 2. The number of thiophene rings is 1. The fourth-order valence-electron chi connectivity index (χ4n) is 2.47. The number of hydrogen-bond donors (Lipinski definition) is 2. The largest absolute Gasteiger partial charge is 0.462 e. The first kappa shape index (κ1) is 24.4. The predicted octanol–water partition coefficient (Wildman–Crippen LogP) is 3.44. The molecule has 2 amide bonds. The smallest absolute Gasteiger partial charge is 0.341 e. The fourth-order valence-corrected chi connectivity index (χ4v) is 3.69. The number of aryl methyl sites for hydroxylation is 1. The Hall–Kier alpha value is -2.91. The number of nitrogens with one attached hydrogen (secondary N) is 2. The highest BCUT2D eigenvalue weighted by atomic mass is 35.5. The summed E-state index contributed by atoms with van der Waals surface area (Å²) >= 11 is 7.21. The Balaban J connectivity index is 1.91. The molecule has 0 radical (unpaired) electrons. The fraction of sp³-hybridized carbons (Fsp3) is 0.333. The number of anilines is 1. The van der Waals surface area contributed by atoms with E-state index in [0.29, 0.717) is 11.4 Å². The van der Waals surface area contributed by atoms with Crippen molar-refractivity contribution in [1.82, 2.24) is 5.32 Å². The van der Waals surface area contributed by atoms with Gasteiger partial charge in [-0.05, 0) is 38.5 Å². The topological polar surface area (TPSA) is 111 Å². The lowest BCUT2D eigenvalue weighted by molar-refractivity contribution is -0.148. The van der Waals surface area contributed by atoms with Crippen molar-refractivity contribution in [2.24, 2.45) is 0 Å². The highest BCUT2D eigenvalue weighted by molar-refractivity contribution is 7.16. The van der Waals surface area contributed by atoms with Gasteiger partial charge in [0.05, 0.1) is 22.8 Å². The molecule has 2 N–H and O–H groups in total. The van der Waals surface area contributed by atoms with Crippen molar-refractivity contribution in [3.05, 3.63) is 51.4 Å². The molecule has 1 aromatic carbocycles. The Kier molecular flexibility index (Phi) is 9.02. The van der Waals surface area contributed by atoms with Crippen molar-refractivity contribution in [3.8, 4) is 0 Å². The van der Waals surface area contributed by atoms with Gasteiger partial charge in [0.2, 0.25) is 0 Å². The van der Waals surface area contributed by atoms with Gasteiger partial charge in [0.25, 0.3) is 11.8 Å². The number of benzene rings is 1. The van der Waals surface area contributed by atoms with Crippen LogP contribution in [0.1, 0.15) is 46.4 Å². The molecule has 0 bridgehead atoms. The summed E-state index contributed by atoms with van der Waals surface area (Å²) in [7, 11) is 0. The molecule has 166 valence electrons. The summed E-state index contributed by atoms with van der Waals surface area (Å²) in [5.41, 5.74) is 0.473. The number of amides is 2. The summed E-state index contributed by atoms with van der Waals surface area (Å²) < 4.78 is 9.98. The van der Waals surface area contributed by atoms with E-state index in [9.17, 15) is 19.2 Å². The molecule has 0 fully saturated rings. The van der Waals surface area contributed by atoms with E-state index < -0.39 is 36.4 Å². The summed E-state index contributed by atoms with van der Waals surface area (Å²) in [6.07, 6.45) is 0.685. The van der Waals surface area contributed by atoms with Gasteiger partial charge in [0.1, 0.15) is 11.0 Å². The van der Waals surface area contributed by atoms with Gasteiger partial charge in [-0.3, -0.25) is 9.59 Å². The molecule has 0 saturated heterocycles. The van der Waals surface area contributed by atoms with Gasteiger partial charge in [-0.15, -0.1) is 11.3 Å². The molecule has 8 nitrogen and oxygen atoms in total. The lowest BCUT2D eigenvalue weighted by Gasteiger charge is -2.14. The Morgan fingerprint density at radius 3 is 2.45 bits per heavy atom. The maximum Gasteiger partial charge on any atom is 0.341 e. The van der Waals surface area contributed by atoms with Crippen LogP contribution < -0.4 is 10.6 Å². The molecular weight excluding hydrogens is 444 g/mol. The molecule has 0 saturated carbocycles. The van der Waals surface area contributed by atoms with Crippen LogP contribution in [0.15, 0.2) is 30.3 Å². The van der Waals surface area contributed by atoms with Crippen LogP contribution in [0.4, 0.5) is 5.00 Å². The van der Waals surface area contributed by atoms with E-state index in [1.54, 1.807) is 31.2 Å². The molecule has 0 spiro atoms. The molecule has 10 heteroatoms. The maximum atomic E-state index is 12.2. The lowest BCUT2D eigenvalue weighted by Crippen LogP contribution is -2.40. The van der Waals surface area contributed by atoms with Crippen molar-refractivity contribution >= 4 is 51.7 Å². The van der Waals surface area contributed by atoms with E-state index in [-0.39, 0.29) is 22.8 Å². The Morgan fingerprint density at radius 2 is 1.81 bits per heavy atom. The predicted molar refractivity (Wildman–Crippen MR) is 118 cm³/mol. The summed E-state index contributed by atoms with van der Waals surface area (Å²) in [4.78, 5) is 49.5. The first-order chi connectivity index (χ1) is 14.8. The minimum atomic E-state index is -1.000. The molecular formula is C21H23ClN2O6S. The summed E-state index contributed by atoms with van der Waals surface area (Å²) in [6.45, 7) is 4.67. The Morgan fingerprint density at radius 1 is 1.10 bits per heavy atom. The summed E-state index contributed by atoms with van der Waals surface area (Å²) in [5, 5.41) is 5.62. The van der Waals surface area contributed by atoms with Gasteiger partial charge < -0.3 is 20.1 Å². The van der Waals surface area contributed by atoms with Gasteiger partial charge in [-0.25, -0.2) is 9.59 Å². The number of hydrogen-bond acceptors (Lipinski definition) is 7. The van der Waals surface area contributed by atoms with Crippen molar-refractivity contribution in [2.75, 3.05) is 18.5 Å². The van der Waals surface area contributed by atoms with Crippen molar-refractivity contribution in [2.45, 2.75) is 33.2 Å². The molecule has 0 aliphatic rings. The Bertz CT molecular complexity index is 975. The second-order valence-electron chi connectivity index (χ2n) is 6.36. The number of rotatable bonds is 9. The van der Waals surface area contributed by atoms with Gasteiger partial charge in [-0.2, -0.15) is 0 Å². The minimum absolute atomic E-state index is 0.207. The zero-order valence-corrected chi connectivity index (χ0v) is 18.9. The summed E-state index contributed by atoms with van der Waals surface area (Å²) in [5.74, 6) is -2.49. The first-order valence-electron chi connectivity index (χ1n) is 9.58. The SMILES string of the molecule is CCOC(=O)c1cc(CC)sc1NC(=O)COC(=O)[C@@H](C)NC(=O)c1ccccc1Cl. The third kappa shape index (κ3) is 6.80. The number of carbonyl (C=O) groups is 4. The molecule has 0 unspecified atom stereocenters. The number of ether oxygens (including phenoxy) is 2. The van der Waals surface area contributed by atoms with Crippen molar-refractivity contribution < 1.29 is 28.7 Å². The number of halogens is 1. The zero-order chi connectivity index (χ0) is 23.0. The molecule has 0 aliphatic carbocycles. The van der Waals surface area contributed by atoms with Gasteiger partial charge in [0.15, 0.2) is 6.61 Å². The number of carbonyl (C=O) groups excluding carboxylic acids is 4. The molecule has 2 aromatic rings. The standard InChI is InChI=1S/C21H23ClN2O6S/c1-4-13-10-15(21(28)29-5-2)19(31-13)24-17(25)11-30-20(27)12(3)23-18(26)14-8-6-7-9-16(14)22/h6-10,12H,4-5,11H2,1-3H3,(H,23,26)(H,24,25)/t12-/m1/s1. The van der Waals surface area contributed by atoms with Crippen LogP contribution in [0.25, 0.3) is 0 Å². The third-order valence-electron chi connectivity index (χ3n) is 4.05. The van der Waals surface area contributed by atoms with Gasteiger partial charge in [0, 0.05) is 4.88 Å². The van der Waals surface area contributed by atoms with Crippen molar-refractivity contribution in [3.63, 3.8) is 0 Å². The minimum Gasteiger partial charge on any atom is -0.462 e. The monoisotopic (exact) mass is 466 g/mol. The zero-order valence-electron chi connectivity index (χ0n) is 17.3. The van der Waals surface area contributed by atoms with E-state index in [4.69, 9.17) is 21.1 Å². The molecule has 0 aliphatic heterocycles. The van der Waals surface area contributed by atoms with E-state index in [2.05, 4.69) is 10.6 Å². The van der Waals surface area contributed by atoms with E-state index in [1.165, 1.54) is 24.3 Å². The molecule has 2 rings (SSSR count).